The van der Waals surface area contributed by atoms with Gasteiger partial charge in [-0.1, -0.05) is 72.8 Å². The van der Waals surface area contributed by atoms with Crippen molar-refractivity contribution in [3.05, 3.63) is 84.9 Å². The molecular weight excluding hydrogens is 938 g/mol. The Morgan fingerprint density at radius 1 is 0.333 bits per heavy atom. The molecule has 0 fully saturated rings. The molecule has 0 radical (unpaired) electrons. The van der Waals surface area contributed by atoms with E-state index in [-0.39, 0.29) is 32.7 Å². The van der Waals surface area contributed by atoms with Crippen molar-refractivity contribution in [1.82, 2.24) is 39.9 Å². The predicted molar refractivity (Wildman–Crippen MR) is 254 cm³/mol. The van der Waals surface area contributed by atoms with Gasteiger partial charge >= 0.3 is 19.5 Å². The fourth-order valence-corrected chi connectivity index (χ4v) is 7.61. The van der Waals surface area contributed by atoms with E-state index in [1.54, 1.807) is 14.2 Å². The number of hydrogen-bond donors (Lipinski definition) is 0. The van der Waals surface area contributed by atoms with Gasteiger partial charge in [0.2, 0.25) is 0 Å². The van der Waals surface area contributed by atoms with Crippen LogP contribution in [0.4, 0.5) is 0 Å². The summed E-state index contributed by atoms with van der Waals surface area (Å²) in [7, 11) is 3.28. The van der Waals surface area contributed by atoms with E-state index in [2.05, 4.69) is 0 Å². The quantitative estimate of drug-likeness (QED) is 0.0434. The van der Waals surface area contributed by atoms with Crippen molar-refractivity contribution in [3.8, 4) is 57.1 Å². The first-order valence-corrected chi connectivity index (χ1v) is 22.6. The minimum Gasteiger partial charge on any atom is -0.490 e. The minimum atomic E-state index is 0. The summed E-state index contributed by atoms with van der Waals surface area (Å²) >= 11 is 0. The molecule has 0 N–H and O–H groups in total. The summed E-state index contributed by atoms with van der Waals surface area (Å²) in [5, 5.41) is 2.82. The number of nitrogens with zero attached hydrogens (tertiary/aromatic N) is 8. The normalized spacial score (nSPS) is 11.7. The van der Waals surface area contributed by atoms with Crippen molar-refractivity contribution in [2.24, 2.45) is 0 Å². The van der Waals surface area contributed by atoms with Crippen LogP contribution in [0.15, 0.2) is 84.9 Å². The number of hydrogen-bond acceptors (Lipinski definition) is 16. The summed E-state index contributed by atoms with van der Waals surface area (Å²) in [6.07, 6.45) is 0. The third kappa shape index (κ3) is 12.1. The second kappa shape index (κ2) is 25.1. The maximum absolute atomic E-state index is 6.48. The molecule has 8 bridgehead atoms. The molecule has 5 heterocycles. The molecule has 2 aliphatic heterocycles. The molecular formula is C50H52N8O10Zn. The number of benzene rings is 4. The van der Waals surface area contributed by atoms with Crippen LogP contribution in [0.5, 0.6) is 11.5 Å². The molecule has 2 aliphatic rings. The van der Waals surface area contributed by atoms with Gasteiger partial charge in [-0.15, -0.1) is 0 Å². The van der Waals surface area contributed by atoms with Crippen molar-refractivity contribution in [1.29, 1.82) is 0 Å². The molecule has 0 aliphatic carbocycles. The summed E-state index contributed by atoms with van der Waals surface area (Å²) in [6.45, 7) is 6.68. The number of fused-ring (bicyclic) bond motifs is 20. The largest absolute Gasteiger partial charge is 2.00 e. The van der Waals surface area contributed by atoms with Crippen LogP contribution >= 0.6 is 0 Å². The number of methoxy groups -OCH3 is 2. The molecule has 7 aromatic rings. The van der Waals surface area contributed by atoms with Gasteiger partial charge in [0.1, 0.15) is 24.7 Å². The second-order valence-electron chi connectivity index (χ2n) is 15.3. The Labute approximate surface area is 411 Å². The molecule has 0 atom stereocenters. The summed E-state index contributed by atoms with van der Waals surface area (Å²) in [4.78, 5) is 40.5. The number of ether oxygens (including phenoxy) is 10. The SMILES string of the molecule is COCCOCCOCCOCCOc1ccc(OCCOCCOCCOCCOC)c2c3nc4nc(nc5[n-]c(nc6nc(nc([n-]3)c12)-c1ccccc1-6)c1ccccc51)-c1ccccc1-4.[Zn+2]. The Kier molecular flexibility index (Phi) is 18.1. The molecule has 0 spiro atoms. The average molecular weight is 990 g/mol. The van der Waals surface area contributed by atoms with Crippen LogP contribution in [-0.2, 0) is 57.4 Å². The first-order chi connectivity index (χ1) is 33.7. The van der Waals surface area contributed by atoms with Gasteiger partial charge in [0.15, 0.2) is 0 Å². The van der Waals surface area contributed by atoms with Gasteiger partial charge in [-0.05, 0) is 22.9 Å². The fourth-order valence-electron chi connectivity index (χ4n) is 7.61. The molecule has 4 aromatic carbocycles. The molecule has 3 aromatic heterocycles. The van der Waals surface area contributed by atoms with Crippen LogP contribution in [0.25, 0.3) is 89.7 Å². The van der Waals surface area contributed by atoms with Gasteiger partial charge in [0, 0.05) is 69.8 Å². The number of rotatable bonds is 26. The molecule has 0 saturated carbocycles. The topological polar surface area (TPSA) is 198 Å². The van der Waals surface area contributed by atoms with E-state index in [1.165, 1.54) is 0 Å². The zero-order chi connectivity index (χ0) is 46.3. The van der Waals surface area contributed by atoms with Crippen LogP contribution in [0, 0.1) is 0 Å². The van der Waals surface area contributed by atoms with Gasteiger partial charge in [-0.3, -0.25) is 0 Å². The molecule has 0 unspecified atom stereocenters. The maximum atomic E-state index is 6.48. The van der Waals surface area contributed by atoms with Crippen LogP contribution in [0.2, 0.25) is 0 Å². The second-order valence-corrected chi connectivity index (χ2v) is 15.3. The first kappa shape index (κ1) is 49.6. The predicted octanol–water partition coefficient (Wildman–Crippen LogP) is 6.27. The fraction of sp³-hybridized carbons (Fsp3) is 0.360. The van der Waals surface area contributed by atoms with Crippen molar-refractivity contribution in [3.63, 3.8) is 0 Å². The van der Waals surface area contributed by atoms with Gasteiger partial charge in [-0.2, -0.15) is 0 Å². The van der Waals surface area contributed by atoms with Gasteiger partial charge in [0.25, 0.3) is 0 Å². The third-order valence-electron chi connectivity index (χ3n) is 10.8. The molecule has 19 heteroatoms. The van der Waals surface area contributed by atoms with Crippen molar-refractivity contribution < 1.29 is 66.8 Å². The van der Waals surface area contributed by atoms with Crippen LogP contribution in [-0.4, -0.2) is 150 Å². The monoisotopic (exact) mass is 988 g/mol. The summed E-state index contributed by atoms with van der Waals surface area (Å²) in [5.41, 5.74) is 4.78. The molecule has 354 valence electrons. The van der Waals surface area contributed by atoms with E-state index < -0.39 is 0 Å². The molecule has 9 rings (SSSR count). The Morgan fingerprint density at radius 3 is 0.971 bits per heavy atom. The minimum absolute atomic E-state index is 0. The van der Waals surface area contributed by atoms with Gasteiger partial charge < -0.3 is 77.3 Å². The zero-order valence-electron chi connectivity index (χ0n) is 38.8. The first-order valence-electron chi connectivity index (χ1n) is 22.6. The molecule has 0 amide bonds. The van der Waals surface area contributed by atoms with Crippen LogP contribution in [0.1, 0.15) is 0 Å². The summed E-state index contributed by atoms with van der Waals surface area (Å²) in [6, 6.07) is 27.2. The Bertz CT molecular complexity index is 2780. The standard InChI is InChI=1S/C50H52N8O10.Zn/c1-59-17-19-61-21-23-63-25-27-65-29-31-67-39-15-16-40(68-32-30-66-28-26-64-24-22-62-20-18-60-2)42-41(39)49-56-47-37-13-7-5-11-35(37)45(54-47)52-43-33-9-3-4-10-34(33)44(51-43)53-46-36-12-6-8-14-38(36)48(55-46)57-50(42)58-49;/h3-16H,17-32H2,1-2H3;/q-2;+2. The maximum Gasteiger partial charge on any atom is 2.00 e. The summed E-state index contributed by atoms with van der Waals surface area (Å²) in [5.74, 6) is 2.76. The molecule has 0 saturated heterocycles. The number of aromatic nitrogens is 8. The van der Waals surface area contributed by atoms with Crippen LogP contribution < -0.4 is 19.4 Å². The zero-order valence-corrected chi connectivity index (χ0v) is 41.7. The van der Waals surface area contributed by atoms with E-state index >= 15 is 0 Å². The van der Waals surface area contributed by atoms with Gasteiger partial charge in [-0.25, -0.2) is 9.97 Å². The Morgan fingerprint density at radius 2 is 0.623 bits per heavy atom. The van der Waals surface area contributed by atoms with E-state index in [1.807, 2.05) is 84.9 Å². The summed E-state index contributed by atoms with van der Waals surface area (Å²) < 4.78 is 56.9. The van der Waals surface area contributed by atoms with Crippen molar-refractivity contribution in [2.75, 3.05) is 120 Å². The van der Waals surface area contributed by atoms with E-state index in [0.717, 1.165) is 33.0 Å². The Hall–Kier alpha value is -5.86. The van der Waals surface area contributed by atoms with Crippen LogP contribution in [0.3, 0.4) is 0 Å². The third-order valence-corrected chi connectivity index (χ3v) is 10.8. The Balaban J connectivity index is 0.00000642. The molecule has 69 heavy (non-hydrogen) atoms. The molecule has 18 nitrogen and oxygen atoms in total. The van der Waals surface area contributed by atoms with E-state index in [4.69, 9.17) is 87.2 Å². The van der Waals surface area contributed by atoms with E-state index in [9.17, 15) is 0 Å². The van der Waals surface area contributed by atoms with E-state index in [0.29, 0.717) is 161 Å². The average Bonchev–Trinajstić information content (AvgIpc) is 4.11. The smallest absolute Gasteiger partial charge is 0.490 e. The van der Waals surface area contributed by atoms with Crippen molar-refractivity contribution in [2.45, 2.75) is 0 Å². The van der Waals surface area contributed by atoms with Crippen molar-refractivity contribution >= 4 is 44.1 Å². The van der Waals surface area contributed by atoms with Gasteiger partial charge in [0.05, 0.1) is 116 Å².